The lowest BCUT2D eigenvalue weighted by atomic mass is 10.1. The van der Waals surface area contributed by atoms with E-state index in [1.165, 1.54) is 5.56 Å². The summed E-state index contributed by atoms with van der Waals surface area (Å²) in [4.78, 5) is 0. The van der Waals surface area contributed by atoms with Crippen LogP contribution in [0.2, 0.25) is 0 Å². The third-order valence-electron chi connectivity index (χ3n) is 2.54. The van der Waals surface area contributed by atoms with E-state index in [-0.39, 0.29) is 0 Å². The monoisotopic (exact) mass is 215 g/mol. The van der Waals surface area contributed by atoms with Gasteiger partial charge in [0.05, 0.1) is 0 Å². The molecule has 0 unspecified atom stereocenters. The predicted molar refractivity (Wildman–Crippen MR) is 65.1 cm³/mol. The number of hydrogen-bond acceptors (Lipinski definition) is 2. The van der Waals surface area contributed by atoms with E-state index < -0.39 is 0 Å². The second-order valence-electron chi connectivity index (χ2n) is 3.85. The van der Waals surface area contributed by atoms with Gasteiger partial charge in [-0.1, -0.05) is 30.3 Å². The molecule has 0 atom stereocenters. The van der Waals surface area contributed by atoms with Gasteiger partial charge in [-0.25, -0.2) is 0 Å². The molecule has 0 radical (unpaired) electrons. The molecule has 1 heterocycles. The summed E-state index contributed by atoms with van der Waals surface area (Å²) < 4.78 is 0. The molecule has 16 heavy (non-hydrogen) atoms. The summed E-state index contributed by atoms with van der Waals surface area (Å²) in [6.45, 7) is 1.91. The molecule has 3 heteroatoms. The molecule has 0 spiro atoms. The SMILES string of the molecule is c1ccc(CCCNCc2ccn[nH]2)cc1. The Bertz CT molecular complexity index is 381. The third-order valence-corrected chi connectivity index (χ3v) is 2.54. The summed E-state index contributed by atoms with van der Waals surface area (Å²) in [6, 6.07) is 12.6. The van der Waals surface area contributed by atoms with E-state index in [1.54, 1.807) is 6.20 Å². The highest BCUT2D eigenvalue weighted by Gasteiger charge is 1.94. The van der Waals surface area contributed by atoms with Crippen molar-refractivity contribution < 1.29 is 0 Å². The van der Waals surface area contributed by atoms with Gasteiger partial charge in [-0.2, -0.15) is 5.10 Å². The average molecular weight is 215 g/mol. The van der Waals surface area contributed by atoms with Crippen LogP contribution in [-0.4, -0.2) is 16.7 Å². The zero-order valence-electron chi connectivity index (χ0n) is 9.32. The van der Waals surface area contributed by atoms with E-state index in [9.17, 15) is 0 Å². The Morgan fingerprint density at radius 3 is 2.75 bits per heavy atom. The number of nitrogens with one attached hydrogen (secondary N) is 2. The fraction of sp³-hybridized carbons (Fsp3) is 0.308. The summed E-state index contributed by atoms with van der Waals surface area (Å²) in [6.07, 6.45) is 4.08. The molecule has 84 valence electrons. The Morgan fingerprint density at radius 1 is 1.12 bits per heavy atom. The summed E-state index contributed by atoms with van der Waals surface area (Å²) in [5.74, 6) is 0. The molecule has 0 saturated heterocycles. The van der Waals surface area contributed by atoms with Gasteiger partial charge in [0.2, 0.25) is 0 Å². The molecule has 2 aromatic rings. The van der Waals surface area contributed by atoms with Gasteiger partial charge in [0.25, 0.3) is 0 Å². The maximum atomic E-state index is 3.90. The largest absolute Gasteiger partial charge is 0.311 e. The average Bonchev–Trinajstić information content (AvgIpc) is 2.83. The lowest BCUT2D eigenvalue weighted by Crippen LogP contribution is -2.15. The highest BCUT2D eigenvalue weighted by molar-refractivity contribution is 5.14. The van der Waals surface area contributed by atoms with Crippen molar-refractivity contribution in [3.63, 3.8) is 0 Å². The Hall–Kier alpha value is -1.61. The van der Waals surface area contributed by atoms with E-state index in [2.05, 4.69) is 45.8 Å². The number of nitrogens with zero attached hydrogens (tertiary/aromatic N) is 1. The Balaban J connectivity index is 1.59. The molecular weight excluding hydrogens is 198 g/mol. The molecule has 1 aromatic carbocycles. The number of hydrogen-bond donors (Lipinski definition) is 2. The van der Waals surface area contributed by atoms with Crippen molar-refractivity contribution in [2.45, 2.75) is 19.4 Å². The molecule has 0 fully saturated rings. The van der Waals surface area contributed by atoms with E-state index in [4.69, 9.17) is 0 Å². The summed E-state index contributed by atoms with van der Waals surface area (Å²) in [5, 5.41) is 10.2. The molecule has 1 aromatic heterocycles. The van der Waals surface area contributed by atoms with Crippen molar-refractivity contribution >= 4 is 0 Å². The van der Waals surface area contributed by atoms with Crippen molar-refractivity contribution in [1.29, 1.82) is 0 Å². The molecule has 2 N–H and O–H groups in total. The molecule has 2 rings (SSSR count). The first kappa shape index (κ1) is 10.9. The first-order valence-corrected chi connectivity index (χ1v) is 5.68. The Morgan fingerprint density at radius 2 is 2.00 bits per heavy atom. The smallest absolute Gasteiger partial charge is 0.0490 e. The molecule has 0 aliphatic rings. The second kappa shape index (κ2) is 6.08. The van der Waals surface area contributed by atoms with Gasteiger partial charge in [0.1, 0.15) is 0 Å². The minimum absolute atomic E-state index is 0.870. The molecule has 3 nitrogen and oxygen atoms in total. The van der Waals surface area contributed by atoms with Crippen LogP contribution in [0.15, 0.2) is 42.6 Å². The molecule has 0 aliphatic carbocycles. The molecule has 0 amide bonds. The fourth-order valence-corrected chi connectivity index (χ4v) is 1.67. The number of aromatic amines is 1. The number of aromatic nitrogens is 2. The van der Waals surface area contributed by atoms with Gasteiger partial charge in [-0.15, -0.1) is 0 Å². The summed E-state index contributed by atoms with van der Waals surface area (Å²) >= 11 is 0. The van der Waals surface area contributed by atoms with Crippen LogP contribution < -0.4 is 5.32 Å². The zero-order chi connectivity index (χ0) is 11.1. The molecule has 0 aliphatic heterocycles. The van der Waals surface area contributed by atoms with Gasteiger partial charge in [0.15, 0.2) is 0 Å². The van der Waals surface area contributed by atoms with E-state index >= 15 is 0 Å². The van der Waals surface area contributed by atoms with Gasteiger partial charge < -0.3 is 5.32 Å². The maximum absolute atomic E-state index is 3.90. The highest BCUT2D eigenvalue weighted by atomic mass is 15.1. The van der Waals surface area contributed by atoms with Crippen LogP contribution in [0, 0.1) is 0 Å². The van der Waals surface area contributed by atoms with Gasteiger partial charge in [-0.3, -0.25) is 5.10 Å². The van der Waals surface area contributed by atoms with Gasteiger partial charge in [-0.05, 0) is 31.0 Å². The van der Waals surface area contributed by atoms with Gasteiger partial charge in [0, 0.05) is 18.4 Å². The zero-order valence-corrected chi connectivity index (χ0v) is 9.32. The Kier molecular flexibility index (Phi) is 4.14. The lowest BCUT2D eigenvalue weighted by molar-refractivity contribution is 0.639. The van der Waals surface area contributed by atoms with E-state index in [0.29, 0.717) is 0 Å². The fourth-order valence-electron chi connectivity index (χ4n) is 1.67. The summed E-state index contributed by atoms with van der Waals surface area (Å²) in [5.41, 5.74) is 2.55. The van der Waals surface area contributed by atoms with Crippen molar-refractivity contribution in [1.82, 2.24) is 15.5 Å². The normalized spacial score (nSPS) is 10.5. The first-order chi connectivity index (χ1) is 7.95. The van der Waals surface area contributed by atoms with Gasteiger partial charge >= 0.3 is 0 Å². The van der Waals surface area contributed by atoms with E-state index in [1.807, 2.05) is 6.07 Å². The topological polar surface area (TPSA) is 40.7 Å². The van der Waals surface area contributed by atoms with Crippen LogP contribution in [0.3, 0.4) is 0 Å². The van der Waals surface area contributed by atoms with Crippen LogP contribution in [0.4, 0.5) is 0 Å². The number of aryl methyl sites for hydroxylation is 1. The van der Waals surface area contributed by atoms with Crippen LogP contribution in [0.5, 0.6) is 0 Å². The number of H-pyrrole nitrogens is 1. The quantitative estimate of drug-likeness (QED) is 0.725. The molecule has 0 bridgehead atoms. The summed E-state index contributed by atoms with van der Waals surface area (Å²) in [7, 11) is 0. The minimum atomic E-state index is 0.870. The van der Waals surface area contributed by atoms with Crippen LogP contribution in [0.1, 0.15) is 17.7 Å². The maximum Gasteiger partial charge on any atom is 0.0490 e. The van der Waals surface area contributed by atoms with Crippen LogP contribution in [-0.2, 0) is 13.0 Å². The van der Waals surface area contributed by atoms with Crippen molar-refractivity contribution in [3.05, 3.63) is 53.9 Å². The molecule has 0 saturated carbocycles. The third kappa shape index (κ3) is 3.51. The second-order valence-corrected chi connectivity index (χ2v) is 3.85. The van der Waals surface area contributed by atoms with E-state index in [0.717, 1.165) is 31.6 Å². The Labute approximate surface area is 95.9 Å². The predicted octanol–water partition coefficient (Wildman–Crippen LogP) is 2.13. The van der Waals surface area contributed by atoms with Crippen molar-refractivity contribution in [2.75, 3.05) is 6.54 Å². The number of benzene rings is 1. The molecular formula is C13H17N3. The van der Waals surface area contributed by atoms with Crippen LogP contribution >= 0.6 is 0 Å². The lowest BCUT2D eigenvalue weighted by Gasteiger charge is -2.03. The number of rotatable bonds is 6. The first-order valence-electron chi connectivity index (χ1n) is 5.68. The standard InChI is InChI=1S/C13H17N3/c1-2-5-12(6-3-1)7-4-9-14-11-13-8-10-15-16-13/h1-3,5-6,8,10,14H,4,7,9,11H2,(H,15,16). The van der Waals surface area contributed by atoms with Crippen molar-refractivity contribution in [2.24, 2.45) is 0 Å². The van der Waals surface area contributed by atoms with Crippen LogP contribution in [0.25, 0.3) is 0 Å². The minimum Gasteiger partial charge on any atom is -0.311 e. The van der Waals surface area contributed by atoms with Crippen molar-refractivity contribution in [3.8, 4) is 0 Å². The highest BCUT2D eigenvalue weighted by Crippen LogP contribution is 2.01.